The van der Waals surface area contributed by atoms with E-state index < -0.39 is 0 Å². The maximum absolute atomic E-state index is 4.43. The lowest BCUT2D eigenvalue weighted by molar-refractivity contribution is 0.191. The molecule has 0 bridgehead atoms. The standard InChI is InChI=1S/C12H21N3S/c1-3-13-11-4-6-15(7-5-11)9-12-14-8-10(2)16-12/h8,11,13H,3-7,9H2,1-2H3. The molecule has 1 fully saturated rings. The maximum atomic E-state index is 4.43. The molecule has 2 heterocycles. The SMILES string of the molecule is CCNC1CCN(Cc2ncc(C)s2)CC1. The lowest BCUT2D eigenvalue weighted by atomic mass is 10.1. The number of likely N-dealkylation sites (tertiary alicyclic amines) is 1. The molecule has 1 aliphatic heterocycles. The van der Waals surface area contributed by atoms with Crippen LogP contribution in [0.25, 0.3) is 0 Å². The number of aromatic nitrogens is 1. The minimum atomic E-state index is 0.735. The van der Waals surface area contributed by atoms with Gasteiger partial charge in [-0.15, -0.1) is 11.3 Å². The second-order valence-corrected chi connectivity index (χ2v) is 5.79. The Labute approximate surface area is 102 Å². The number of hydrogen-bond acceptors (Lipinski definition) is 4. The zero-order chi connectivity index (χ0) is 11.4. The zero-order valence-electron chi connectivity index (χ0n) is 10.2. The fourth-order valence-corrected chi connectivity index (χ4v) is 3.08. The van der Waals surface area contributed by atoms with Crippen molar-refractivity contribution in [1.29, 1.82) is 0 Å². The van der Waals surface area contributed by atoms with Crippen LogP contribution in [0.1, 0.15) is 29.7 Å². The molecule has 1 saturated heterocycles. The second-order valence-electron chi connectivity index (χ2n) is 4.47. The summed E-state index contributed by atoms with van der Waals surface area (Å²) in [5, 5.41) is 4.80. The molecular formula is C12H21N3S. The molecule has 90 valence electrons. The van der Waals surface area contributed by atoms with E-state index in [-0.39, 0.29) is 0 Å². The van der Waals surface area contributed by atoms with Crippen LogP contribution in [-0.4, -0.2) is 35.6 Å². The Balaban J connectivity index is 1.77. The van der Waals surface area contributed by atoms with Crippen LogP contribution in [0.2, 0.25) is 0 Å². The molecule has 0 spiro atoms. The van der Waals surface area contributed by atoms with E-state index in [4.69, 9.17) is 0 Å². The van der Waals surface area contributed by atoms with Crippen LogP contribution in [0.15, 0.2) is 6.20 Å². The van der Waals surface area contributed by atoms with Gasteiger partial charge in [-0.1, -0.05) is 6.92 Å². The largest absolute Gasteiger partial charge is 0.314 e. The normalized spacial score (nSPS) is 19.1. The Morgan fingerprint density at radius 1 is 1.50 bits per heavy atom. The van der Waals surface area contributed by atoms with E-state index in [1.807, 2.05) is 17.5 Å². The van der Waals surface area contributed by atoms with E-state index in [0.29, 0.717) is 0 Å². The van der Waals surface area contributed by atoms with Crippen molar-refractivity contribution in [1.82, 2.24) is 15.2 Å². The molecule has 0 unspecified atom stereocenters. The Hall–Kier alpha value is -0.450. The summed E-state index contributed by atoms with van der Waals surface area (Å²) in [5.74, 6) is 0. The molecule has 1 aromatic heterocycles. The summed E-state index contributed by atoms with van der Waals surface area (Å²) < 4.78 is 0. The highest BCUT2D eigenvalue weighted by molar-refractivity contribution is 7.11. The first-order valence-corrected chi connectivity index (χ1v) is 6.96. The number of thiazole rings is 1. The highest BCUT2D eigenvalue weighted by Crippen LogP contribution is 2.17. The van der Waals surface area contributed by atoms with Crippen molar-refractivity contribution in [3.05, 3.63) is 16.1 Å². The monoisotopic (exact) mass is 239 g/mol. The van der Waals surface area contributed by atoms with Crippen molar-refractivity contribution < 1.29 is 0 Å². The van der Waals surface area contributed by atoms with Crippen molar-refractivity contribution in [2.45, 2.75) is 39.3 Å². The Morgan fingerprint density at radius 3 is 2.81 bits per heavy atom. The molecule has 2 rings (SSSR count). The lowest BCUT2D eigenvalue weighted by Gasteiger charge is -2.31. The second kappa shape index (κ2) is 5.75. The van der Waals surface area contributed by atoms with Gasteiger partial charge in [0, 0.05) is 30.2 Å². The van der Waals surface area contributed by atoms with E-state index >= 15 is 0 Å². The van der Waals surface area contributed by atoms with Gasteiger partial charge in [0.2, 0.25) is 0 Å². The van der Waals surface area contributed by atoms with Gasteiger partial charge in [0.05, 0.1) is 6.54 Å². The Bertz CT molecular complexity index is 316. The van der Waals surface area contributed by atoms with Gasteiger partial charge in [-0.25, -0.2) is 4.98 Å². The Kier molecular flexibility index (Phi) is 4.32. The van der Waals surface area contributed by atoms with Crippen LogP contribution in [0, 0.1) is 6.92 Å². The first-order valence-electron chi connectivity index (χ1n) is 6.15. The predicted molar refractivity (Wildman–Crippen MR) is 68.8 cm³/mol. The number of hydrogen-bond donors (Lipinski definition) is 1. The molecule has 1 aromatic rings. The highest BCUT2D eigenvalue weighted by Gasteiger charge is 2.18. The summed E-state index contributed by atoms with van der Waals surface area (Å²) in [5.41, 5.74) is 0. The predicted octanol–water partition coefficient (Wildman–Crippen LogP) is 2.03. The fourth-order valence-electron chi connectivity index (χ4n) is 2.25. The van der Waals surface area contributed by atoms with E-state index in [2.05, 4.69) is 29.0 Å². The topological polar surface area (TPSA) is 28.2 Å². The quantitative estimate of drug-likeness (QED) is 0.871. The average molecular weight is 239 g/mol. The third kappa shape index (κ3) is 3.27. The van der Waals surface area contributed by atoms with E-state index in [9.17, 15) is 0 Å². The summed E-state index contributed by atoms with van der Waals surface area (Å²) >= 11 is 1.82. The van der Waals surface area contributed by atoms with Gasteiger partial charge >= 0.3 is 0 Å². The maximum Gasteiger partial charge on any atom is 0.107 e. The van der Waals surface area contributed by atoms with Crippen LogP contribution in [0.5, 0.6) is 0 Å². The van der Waals surface area contributed by atoms with Crippen LogP contribution in [0.4, 0.5) is 0 Å². The summed E-state index contributed by atoms with van der Waals surface area (Å²) in [7, 11) is 0. The molecule has 0 atom stereocenters. The van der Waals surface area contributed by atoms with Gasteiger partial charge in [0.25, 0.3) is 0 Å². The minimum Gasteiger partial charge on any atom is -0.314 e. The van der Waals surface area contributed by atoms with Gasteiger partial charge in [-0.2, -0.15) is 0 Å². The van der Waals surface area contributed by atoms with Crippen molar-refractivity contribution in [2.75, 3.05) is 19.6 Å². The lowest BCUT2D eigenvalue weighted by Crippen LogP contribution is -2.42. The van der Waals surface area contributed by atoms with Crippen molar-refractivity contribution in [3.63, 3.8) is 0 Å². The molecular weight excluding hydrogens is 218 g/mol. The summed E-state index contributed by atoms with van der Waals surface area (Å²) in [4.78, 5) is 8.26. The van der Waals surface area contributed by atoms with E-state index in [1.165, 1.54) is 35.8 Å². The van der Waals surface area contributed by atoms with Crippen LogP contribution < -0.4 is 5.32 Å². The molecule has 3 nitrogen and oxygen atoms in total. The average Bonchev–Trinajstić information content (AvgIpc) is 2.67. The van der Waals surface area contributed by atoms with Gasteiger partial charge < -0.3 is 5.32 Å². The van der Waals surface area contributed by atoms with Gasteiger partial charge in [0.15, 0.2) is 0 Å². The van der Waals surface area contributed by atoms with Crippen LogP contribution in [-0.2, 0) is 6.54 Å². The number of aryl methyl sites for hydroxylation is 1. The van der Waals surface area contributed by atoms with Crippen molar-refractivity contribution in [3.8, 4) is 0 Å². The molecule has 0 radical (unpaired) electrons. The fraction of sp³-hybridized carbons (Fsp3) is 0.750. The highest BCUT2D eigenvalue weighted by atomic mass is 32.1. The third-order valence-electron chi connectivity index (χ3n) is 3.11. The molecule has 16 heavy (non-hydrogen) atoms. The van der Waals surface area contributed by atoms with Gasteiger partial charge in [-0.3, -0.25) is 4.90 Å². The van der Waals surface area contributed by atoms with E-state index in [1.54, 1.807) is 0 Å². The van der Waals surface area contributed by atoms with Crippen molar-refractivity contribution >= 4 is 11.3 Å². The van der Waals surface area contributed by atoms with Gasteiger partial charge in [0.1, 0.15) is 5.01 Å². The number of piperidine rings is 1. The third-order valence-corrected chi connectivity index (χ3v) is 4.01. The van der Waals surface area contributed by atoms with Crippen molar-refractivity contribution in [2.24, 2.45) is 0 Å². The molecule has 0 saturated carbocycles. The summed E-state index contributed by atoms with van der Waals surface area (Å²) in [6.07, 6.45) is 4.53. The molecule has 1 aliphatic rings. The first-order chi connectivity index (χ1) is 7.78. The smallest absolute Gasteiger partial charge is 0.107 e. The molecule has 0 aromatic carbocycles. The Morgan fingerprint density at radius 2 is 2.25 bits per heavy atom. The van der Waals surface area contributed by atoms with E-state index in [0.717, 1.165) is 19.1 Å². The number of rotatable bonds is 4. The summed E-state index contributed by atoms with van der Waals surface area (Å²) in [6, 6.07) is 0.735. The van der Waals surface area contributed by atoms with Gasteiger partial charge in [-0.05, 0) is 26.3 Å². The number of nitrogens with zero attached hydrogens (tertiary/aromatic N) is 2. The summed E-state index contributed by atoms with van der Waals surface area (Å²) in [6.45, 7) is 8.85. The zero-order valence-corrected chi connectivity index (χ0v) is 11.0. The molecule has 4 heteroatoms. The van der Waals surface area contributed by atoms with Crippen LogP contribution >= 0.6 is 11.3 Å². The molecule has 0 amide bonds. The first kappa shape index (κ1) is 12.0. The van der Waals surface area contributed by atoms with Crippen LogP contribution in [0.3, 0.4) is 0 Å². The molecule has 0 aliphatic carbocycles. The number of nitrogens with one attached hydrogen (secondary N) is 1. The minimum absolute atomic E-state index is 0.735. The molecule has 1 N–H and O–H groups in total.